The van der Waals surface area contributed by atoms with E-state index in [-0.39, 0.29) is 5.75 Å². The first-order chi connectivity index (χ1) is 13.4. The van der Waals surface area contributed by atoms with Gasteiger partial charge in [-0.1, -0.05) is 48.0 Å². The molecular weight excluding hydrogens is 374 g/mol. The lowest BCUT2D eigenvalue weighted by atomic mass is 9.93. The van der Waals surface area contributed by atoms with Gasteiger partial charge < -0.3 is 0 Å². The van der Waals surface area contributed by atoms with Gasteiger partial charge in [0.2, 0.25) is 0 Å². The third kappa shape index (κ3) is 3.20. The first-order valence-electron chi connectivity index (χ1n) is 9.06. The lowest BCUT2D eigenvalue weighted by Gasteiger charge is -2.10. The van der Waals surface area contributed by atoms with Gasteiger partial charge in [0.15, 0.2) is 9.84 Å². The van der Waals surface area contributed by atoms with Crippen molar-refractivity contribution in [3.8, 4) is 0 Å². The molecule has 1 heterocycles. The largest absolute Gasteiger partial charge is 0.288 e. The van der Waals surface area contributed by atoms with E-state index in [4.69, 9.17) is 0 Å². The minimum absolute atomic E-state index is 0.0206. The Morgan fingerprint density at radius 2 is 1.57 bits per heavy atom. The van der Waals surface area contributed by atoms with Gasteiger partial charge in [0, 0.05) is 0 Å². The minimum Gasteiger partial charge on any atom is -0.288 e. The van der Waals surface area contributed by atoms with Gasteiger partial charge >= 0.3 is 0 Å². The summed E-state index contributed by atoms with van der Waals surface area (Å²) in [6, 6.07) is 16.1. The number of benzene rings is 3. The van der Waals surface area contributed by atoms with E-state index >= 15 is 0 Å². The highest BCUT2D eigenvalue weighted by Crippen LogP contribution is 2.30. The minimum atomic E-state index is -3.40. The zero-order chi connectivity index (χ0) is 19.9. The van der Waals surface area contributed by atoms with Crippen molar-refractivity contribution in [2.75, 3.05) is 5.75 Å². The van der Waals surface area contributed by atoms with Crippen molar-refractivity contribution in [3.05, 3.63) is 76.9 Å². The van der Waals surface area contributed by atoms with Crippen molar-refractivity contribution < 1.29 is 18.0 Å². The fourth-order valence-electron chi connectivity index (χ4n) is 3.64. The van der Waals surface area contributed by atoms with Gasteiger partial charge in [-0.25, -0.2) is 8.42 Å². The molecule has 0 fully saturated rings. The zero-order valence-corrected chi connectivity index (χ0v) is 16.2. The molecule has 4 rings (SSSR count). The van der Waals surface area contributed by atoms with Crippen LogP contribution < -0.4 is 5.32 Å². The van der Waals surface area contributed by atoms with E-state index in [1.54, 1.807) is 24.3 Å². The molecule has 5 nitrogen and oxygen atoms in total. The second kappa shape index (κ2) is 6.87. The summed E-state index contributed by atoms with van der Waals surface area (Å²) in [6.45, 7) is 1.91. The number of hydrogen-bond acceptors (Lipinski definition) is 4. The molecule has 0 unspecified atom stereocenters. The predicted molar refractivity (Wildman–Crippen MR) is 107 cm³/mol. The number of carbonyl (C=O) groups excluding carboxylic acids is 2. The number of amides is 2. The van der Waals surface area contributed by atoms with Crippen LogP contribution in [-0.4, -0.2) is 26.0 Å². The predicted octanol–water partition coefficient (Wildman–Crippen LogP) is 3.44. The SMILES string of the molecule is Cc1ccc(S(=O)(=O)CCCc2cc3ccccc3c3c2C(=O)NC3=O)cc1. The molecule has 0 aromatic heterocycles. The summed E-state index contributed by atoms with van der Waals surface area (Å²) < 4.78 is 25.1. The number of nitrogens with one attached hydrogen (secondary N) is 1. The van der Waals surface area contributed by atoms with E-state index in [0.29, 0.717) is 34.4 Å². The van der Waals surface area contributed by atoms with Crippen LogP contribution in [-0.2, 0) is 16.3 Å². The monoisotopic (exact) mass is 393 g/mol. The summed E-state index contributed by atoms with van der Waals surface area (Å²) in [7, 11) is -3.40. The van der Waals surface area contributed by atoms with Crippen molar-refractivity contribution in [3.63, 3.8) is 0 Å². The van der Waals surface area contributed by atoms with Gasteiger partial charge in [-0.05, 0) is 48.2 Å². The summed E-state index contributed by atoms with van der Waals surface area (Å²) in [5.74, 6) is -0.833. The van der Waals surface area contributed by atoms with Crippen LogP contribution in [0.15, 0.2) is 59.5 Å². The number of rotatable bonds is 5. The van der Waals surface area contributed by atoms with E-state index in [9.17, 15) is 18.0 Å². The highest BCUT2D eigenvalue weighted by Gasteiger charge is 2.31. The highest BCUT2D eigenvalue weighted by molar-refractivity contribution is 7.91. The van der Waals surface area contributed by atoms with Crippen LogP contribution in [0, 0.1) is 6.92 Å². The van der Waals surface area contributed by atoms with Crippen molar-refractivity contribution in [1.29, 1.82) is 0 Å². The normalized spacial score (nSPS) is 13.6. The van der Waals surface area contributed by atoms with Crippen molar-refractivity contribution >= 4 is 32.4 Å². The molecule has 0 atom stereocenters. The molecule has 3 aromatic carbocycles. The average Bonchev–Trinajstić information content (AvgIpc) is 2.97. The number of fused-ring (bicyclic) bond motifs is 3. The number of sulfone groups is 1. The second-order valence-electron chi connectivity index (χ2n) is 7.03. The number of carbonyl (C=O) groups is 2. The topological polar surface area (TPSA) is 80.3 Å². The van der Waals surface area contributed by atoms with Crippen LogP contribution in [0.25, 0.3) is 10.8 Å². The standard InChI is InChI=1S/C22H19NO4S/c1-14-8-10-17(11-9-14)28(26,27)12-4-6-16-13-15-5-2-3-7-18(15)20-19(16)21(24)23-22(20)25/h2-3,5,7-11,13H,4,6,12H2,1H3,(H,23,24,25). The van der Waals surface area contributed by atoms with E-state index in [1.807, 2.05) is 37.3 Å². The fraction of sp³-hybridized carbons (Fsp3) is 0.182. The van der Waals surface area contributed by atoms with Crippen LogP contribution in [0.1, 0.15) is 38.3 Å². The first kappa shape index (κ1) is 18.4. The molecule has 142 valence electrons. The summed E-state index contributed by atoms with van der Waals surface area (Å²) in [6.07, 6.45) is 0.765. The maximum atomic E-state index is 12.6. The fourth-order valence-corrected chi connectivity index (χ4v) is 4.95. The van der Waals surface area contributed by atoms with E-state index in [2.05, 4.69) is 5.32 Å². The Hall–Kier alpha value is -2.99. The van der Waals surface area contributed by atoms with Crippen LogP contribution in [0.3, 0.4) is 0 Å². The van der Waals surface area contributed by atoms with E-state index < -0.39 is 21.7 Å². The molecule has 28 heavy (non-hydrogen) atoms. The van der Waals surface area contributed by atoms with Crippen LogP contribution in [0.4, 0.5) is 0 Å². The van der Waals surface area contributed by atoms with Gasteiger partial charge in [0.25, 0.3) is 11.8 Å². The van der Waals surface area contributed by atoms with E-state index in [0.717, 1.165) is 16.3 Å². The smallest absolute Gasteiger partial charge is 0.259 e. The summed E-state index contributed by atoms with van der Waals surface area (Å²) >= 11 is 0. The Morgan fingerprint density at radius 1 is 0.893 bits per heavy atom. The van der Waals surface area contributed by atoms with Gasteiger partial charge in [-0.2, -0.15) is 0 Å². The zero-order valence-electron chi connectivity index (χ0n) is 15.4. The molecule has 3 aromatic rings. The van der Waals surface area contributed by atoms with E-state index in [1.165, 1.54) is 0 Å². The molecule has 6 heteroatoms. The summed E-state index contributed by atoms with van der Waals surface area (Å²) in [5, 5.41) is 3.95. The summed E-state index contributed by atoms with van der Waals surface area (Å²) in [4.78, 5) is 24.9. The molecule has 1 aliphatic heterocycles. The molecule has 0 saturated carbocycles. The molecule has 0 radical (unpaired) electrons. The first-order valence-corrected chi connectivity index (χ1v) is 10.7. The van der Waals surface area contributed by atoms with Crippen molar-refractivity contribution in [2.45, 2.75) is 24.7 Å². The number of imide groups is 1. The third-order valence-electron chi connectivity index (χ3n) is 5.05. The van der Waals surface area contributed by atoms with Gasteiger partial charge in [-0.3, -0.25) is 14.9 Å². The quantitative estimate of drug-likeness (QED) is 0.674. The highest BCUT2D eigenvalue weighted by atomic mass is 32.2. The molecule has 0 saturated heterocycles. The van der Waals surface area contributed by atoms with Crippen LogP contribution in [0.2, 0.25) is 0 Å². The average molecular weight is 393 g/mol. The molecule has 2 amide bonds. The second-order valence-corrected chi connectivity index (χ2v) is 9.13. The maximum absolute atomic E-state index is 12.6. The Balaban J connectivity index is 1.62. The molecule has 1 N–H and O–H groups in total. The Kier molecular flexibility index (Phi) is 4.51. The van der Waals surface area contributed by atoms with Gasteiger partial charge in [0.05, 0.1) is 21.8 Å². The molecule has 0 spiro atoms. The third-order valence-corrected chi connectivity index (χ3v) is 6.87. The van der Waals surface area contributed by atoms with Gasteiger partial charge in [-0.15, -0.1) is 0 Å². The number of hydrogen-bond donors (Lipinski definition) is 1. The lowest BCUT2D eigenvalue weighted by Crippen LogP contribution is -2.20. The Morgan fingerprint density at radius 3 is 2.32 bits per heavy atom. The van der Waals surface area contributed by atoms with Crippen molar-refractivity contribution in [2.24, 2.45) is 0 Å². The summed E-state index contributed by atoms with van der Waals surface area (Å²) in [5.41, 5.74) is 2.47. The molecule has 1 aliphatic rings. The maximum Gasteiger partial charge on any atom is 0.259 e. The van der Waals surface area contributed by atoms with Crippen LogP contribution in [0.5, 0.6) is 0 Å². The molecular formula is C22H19NO4S. The lowest BCUT2D eigenvalue weighted by molar-refractivity contribution is 0.0880. The Bertz CT molecular complexity index is 1210. The van der Waals surface area contributed by atoms with Gasteiger partial charge in [0.1, 0.15) is 0 Å². The Labute approximate surface area is 163 Å². The van der Waals surface area contributed by atoms with Crippen molar-refractivity contribution in [1.82, 2.24) is 5.32 Å². The molecule has 0 aliphatic carbocycles. The number of aryl methyl sites for hydroxylation is 2. The molecule has 0 bridgehead atoms. The van der Waals surface area contributed by atoms with Crippen LogP contribution >= 0.6 is 0 Å².